The summed E-state index contributed by atoms with van der Waals surface area (Å²) in [5.41, 5.74) is -10.6. The predicted octanol–water partition coefficient (Wildman–Crippen LogP) is 9.14. The van der Waals surface area contributed by atoms with Crippen LogP contribution in [0.25, 0.3) is 0 Å². The zero-order valence-corrected chi connectivity index (χ0v) is 30.8. The summed E-state index contributed by atoms with van der Waals surface area (Å²) < 4.78 is 115. The average molecular weight is 875 g/mol. The normalized spacial score (nSPS) is 13.3. The number of phenolic OH excluding ortho intramolecular Hbond substituents is 2. The van der Waals surface area contributed by atoms with Crippen LogP contribution in [-0.4, -0.2) is 70.0 Å². The number of carbonyl (C=O) groups is 3. The summed E-state index contributed by atoms with van der Waals surface area (Å²) >= 11 is 0. The quantitative estimate of drug-likeness (QED) is 0.0935. The minimum atomic E-state index is -5.03. The third-order valence-corrected chi connectivity index (χ3v) is 8.52. The van der Waals surface area contributed by atoms with Crippen molar-refractivity contribution in [1.82, 2.24) is 4.90 Å². The van der Waals surface area contributed by atoms with Crippen LogP contribution in [0.15, 0.2) is 36.4 Å². The molecule has 0 aliphatic heterocycles. The summed E-state index contributed by atoms with van der Waals surface area (Å²) in [6, 6.07) is 1.28. The van der Waals surface area contributed by atoms with Gasteiger partial charge in [0.2, 0.25) is 0 Å². The number of carboxylic acid groups (broad SMARTS) is 2. The van der Waals surface area contributed by atoms with Gasteiger partial charge in [-0.25, -0.2) is 9.59 Å². The molecule has 60 heavy (non-hydrogen) atoms. The highest BCUT2D eigenvalue weighted by atomic mass is 19.4. The molecule has 0 unspecified atom stereocenters. The molecule has 3 aromatic rings. The van der Waals surface area contributed by atoms with Crippen LogP contribution in [0.1, 0.15) is 99.3 Å². The van der Waals surface area contributed by atoms with E-state index in [9.17, 15) is 89.3 Å². The van der Waals surface area contributed by atoms with Gasteiger partial charge in [-0.05, 0) is 39.7 Å². The lowest BCUT2D eigenvalue weighted by Crippen LogP contribution is -2.46. The molecular weight excluding hydrogens is 843 g/mol. The molecule has 1 aliphatic carbocycles. The lowest BCUT2D eigenvalue weighted by molar-refractivity contribution is -0.386. The van der Waals surface area contributed by atoms with Crippen molar-refractivity contribution < 1.29 is 89.1 Å². The maximum atomic E-state index is 13.4. The highest BCUT2D eigenvalue weighted by molar-refractivity contribution is 5.97. The van der Waals surface area contributed by atoms with E-state index in [0.717, 1.165) is 26.2 Å². The third kappa shape index (κ3) is 12.1. The van der Waals surface area contributed by atoms with E-state index in [-0.39, 0.29) is 35.8 Å². The number of carbonyl (C=O) groups excluding carboxylic acids is 1. The van der Waals surface area contributed by atoms with Gasteiger partial charge in [0, 0.05) is 48.0 Å². The largest absolute Gasteiger partial charge is 0.502 e. The number of rotatable bonds is 8. The fourth-order valence-corrected chi connectivity index (χ4v) is 5.89. The van der Waals surface area contributed by atoms with Gasteiger partial charge in [-0.3, -0.25) is 35.1 Å². The molecule has 0 saturated heterocycles. The molecule has 26 heteroatoms. The molecule has 0 atom stereocenters. The molecule has 1 fully saturated rings. The maximum Gasteiger partial charge on any atom is 0.417 e. The first kappa shape index (κ1) is 49.4. The number of nitrogens with zero attached hydrogens (tertiary/aromatic N) is 4. The number of nitro groups is 3. The molecule has 1 amide bonds. The Labute approximate surface area is 329 Å². The van der Waals surface area contributed by atoms with Crippen LogP contribution in [0.5, 0.6) is 11.5 Å². The number of phenols is 2. The SMILES string of the molecule is CC(C)N(C(=O)c1cc([N+](=O)[O-])c(O)cc1C(F)(F)F)C1CCCCC1.Cc1cc(C(F)(F)F)c(C(=O)O)cc1[N+](=O)[O-].O=C(O)c1cc([N+](=O)[O-])c(O)cc1C(F)(F)F. The number of aromatic carboxylic acids is 2. The summed E-state index contributed by atoms with van der Waals surface area (Å²) in [5.74, 6) is -7.09. The molecule has 0 heterocycles. The summed E-state index contributed by atoms with van der Waals surface area (Å²) in [7, 11) is 0. The number of carboxylic acids is 2. The number of hydrogen-bond donors (Lipinski definition) is 4. The first-order valence-corrected chi connectivity index (χ1v) is 16.6. The molecular formula is C34H31F9N4O13. The molecule has 0 bridgehead atoms. The van der Waals surface area contributed by atoms with Crippen molar-refractivity contribution in [2.24, 2.45) is 0 Å². The number of aromatic hydroxyl groups is 2. The average Bonchev–Trinajstić information content (AvgIpc) is 3.10. The second-order valence-electron chi connectivity index (χ2n) is 12.9. The molecule has 4 rings (SSSR count). The Morgan fingerprint density at radius 2 is 0.950 bits per heavy atom. The van der Waals surface area contributed by atoms with E-state index in [4.69, 9.17) is 15.3 Å². The van der Waals surface area contributed by atoms with Crippen molar-refractivity contribution in [1.29, 1.82) is 0 Å². The molecule has 17 nitrogen and oxygen atoms in total. The Kier molecular flexibility index (Phi) is 15.5. The third-order valence-electron chi connectivity index (χ3n) is 8.52. The second-order valence-corrected chi connectivity index (χ2v) is 12.9. The van der Waals surface area contributed by atoms with Gasteiger partial charge < -0.3 is 25.3 Å². The highest BCUT2D eigenvalue weighted by Crippen LogP contribution is 2.41. The van der Waals surface area contributed by atoms with Gasteiger partial charge >= 0.3 is 41.8 Å². The summed E-state index contributed by atoms with van der Waals surface area (Å²) in [4.78, 5) is 64.2. The first-order valence-electron chi connectivity index (χ1n) is 16.6. The van der Waals surface area contributed by atoms with Gasteiger partial charge in [0.15, 0.2) is 11.5 Å². The number of benzene rings is 3. The Hall–Kier alpha value is -6.76. The van der Waals surface area contributed by atoms with Crippen LogP contribution in [0.3, 0.4) is 0 Å². The second kappa shape index (κ2) is 18.9. The molecule has 1 aliphatic rings. The monoisotopic (exact) mass is 874 g/mol. The van der Waals surface area contributed by atoms with Crippen molar-refractivity contribution in [3.63, 3.8) is 0 Å². The minimum Gasteiger partial charge on any atom is -0.502 e. The Balaban J connectivity index is 0.000000322. The van der Waals surface area contributed by atoms with Gasteiger partial charge in [0.05, 0.1) is 48.2 Å². The topological polar surface area (TPSA) is 265 Å². The van der Waals surface area contributed by atoms with Crippen molar-refractivity contribution >= 4 is 34.9 Å². The Bertz CT molecular complexity index is 2080. The Morgan fingerprint density at radius 1 is 0.617 bits per heavy atom. The van der Waals surface area contributed by atoms with Crippen molar-refractivity contribution in [3.05, 3.63) is 106 Å². The lowest BCUT2D eigenvalue weighted by Gasteiger charge is -2.37. The van der Waals surface area contributed by atoms with E-state index in [0.29, 0.717) is 31.0 Å². The van der Waals surface area contributed by atoms with Gasteiger partial charge in [-0.15, -0.1) is 0 Å². The predicted molar refractivity (Wildman–Crippen MR) is 184 cm³/mol. The van der Waals surface area contributed by atoms with Crippen molar-refractivity contribution in [3.8, 4) is 11.5 Å². The van der Waals surface area contributed by atoms with E-state index in [1.54, 1.807) is 13.8 Å². The first-order chi connectivity index (χ1) is 27.3. The highest BCUT2D eigenvalue weighted by Gasteiger charge is 2.41. The molecule has 4 N–H and O–H groups in total. The van der Waals surface area contributed by atoms with E-state index in [1.165, 1.54) is 4.90 Å². The zero-order valence-electron chi connectivity index (χ0n) is 30.8. The smallest absolute Gasteiger partial charge is 0.417 e. The van der Waals surface area contributed by atoms with Crippen LogP contribution in [0, 0.1) is 37.3 Å². The summed E-state index contributed by atoms with van der Waals surface area (Å²) in [6.07, 6.45) is -10.7. The van der Waals surface area contributed by atoms with Gasteiger partial charge in [0.1, 0.15) is 0 Å². The van der Waals surface area contributed by atoms with Crippen LogP contribution >= 0.6 is 0 Å². The lowest BCUT2D eigenvalue weighted by atomic mass is 9.92. The minimum absolute atomic E-state index is 0.0155. The molecule has 328 valence electrons. The van der Waals surface area contributed by atoms with Crippen molar-refractivity contribution in [2.45, 2.75) is 83.5 Å². The van der Waals surface area contributed by atoms with Gasteiger partial charge in [-0.1, -0.05) is 19.3 Å². The van der Waals surface area contributed by atoms with E-state index >= 15 is 0 Å². The number of hydrogen-bond acceptors (Lipinski definition) is 11. The number of nitro benzene ring substituents is 3. The fourth-order valence-electron chi connectivity index (χ4n) is 5.89. The van der Waals surface area contributed by atoms with Gasteiger partial charge in [-0.2, -0.15) is 39.5 Å². The van der Waals surface area contributed by atoms with Crippen LogP contribution in [0.2, 0.25) is 0 Å². The number of alkyl halides is 9. The summed E-state index contributed by atoms with van der Waals surface area (Å²) in [5, 5.41) is 67.5. The fraction of sp³-hybridized carbons (Fsp3) is 0.382. The molecule has 1 saturated carbocycles. The van der Waals surface area contributed by atoms with E-state index in [1.807, 2.05) is 0 Å². The number of amides is 1. The van der Waals surface area contributed by atoms with Crippen molar-refractivity contribution in [2.75, 3.05) is 0 Å². The summed E-state index contributed by atoms with van der Waals surface area (Å²) in [6.45, 7) is 4.52. The zero-order chi connectivity index (χ0) is 46.4. The maximum absolute atomic E-state index is 13.4. The standard InChI is InChI=1S/C17H21F3N2O4.C9H6F3NO4.C8H4F3NO5/c1-10(2)21(11-6-4-3-5-7-11)16(24)12-8-14(22(25)26)15(23)9-13(12)17(18,19)20;1-4-2-6(9(10,11)12)5(8(14)15)3-7(4)13(16)17;9-8(10,11)4-2-6(13)5(12(16)17)1-3(4)7(14)15/h8-11,23H,3-7H2,1-2H3;2-3H,1H3,(H,14,15);1-2,13H,(H,14,15). The molecule has 0 aromatic heterocycles. The van der Waals surface area contributed by atoms with Crippen LogP contribution < -0.4 is 0 Å². The Morgan fingerprint density at radius 3 is 1.28 bits per heavy atom. The molecule has 3 aromatic carbocycles. The molecule has 0 spiro atoms. The number of halogens is 9. The van der Waals surface area contributed by atoms with E-state index < -0.39 is 113 Å². The number of aryl methyl sites for hydroxylation is 1. The van der Waals surface area contributed by atoms with Crippen LogP contribution in [-0.2, 0) is 18.5 Å². The van der Waals surface area contributed by atoms with E-state index in [2.05, 4.69) is 0 Å². The van der Waals surface area contributed by atoms with Crippen LogP contribution in [0.4, 0.5) is 56.6 Å². The molecule has 0 radical (unpaired) electrons. The van der Waals surface area contributed by atoms with Gasteiger partial charge in [0.25, 0.3) is 11.6 Å².